The van der Waals surface area contributed by atoms with Gasteiger partial charge in [0.15, 0.2) is 0 Å². The van der Waals surface area contributed by atoms with E-state index in [9.17, 15) is 20.1 Å². The van der Waals surface area contributed by atoms with Gasteiger partial charge in [0.25, 0.3) is 5.92 Å². The van der Waals surface area contributed by atoms with Gasteiger partial charge in [0, 0.05) is 6.54 Å². The third-order valence-electron chi connectivity index (χ3n) is 6.01. The van der Waals surface area contributed by atoms with Crippen LogP contribution in [-0.4, -0.2) is 47.6 Å². The molecule has 0 spiro atoms. The van der Waals surface area contributed by atoms with Crippen LogP contribution in [0.1, 0.15) is 61.6 Å². The van der Waals surface area contributed by atoms with Gasteiger partial charge in [-0.1, -0.05) is 49.0 Å². The molecule has 2 heterocycles. The second-order valence-electron chi connectivity index (χ2n) is 10.0. The summed E-state index contributed by atoms with van der Waals surface area (Å²) in [6, 6.07) is 11.3. The average molecular weight is 557 g/mol. The molecule has 12 heteroatoms. The number of nitriles is 2. The van der Waals surface area contributed by atoms with Crippen LogP contribution in [-0.2, 0) is 16.0 Å². The quantitative estimate of drug-likeness (QED) is 0.476. The number of carbonyl (C=O) groups excluding carboxylic acids is 2. The van der Waals surface area contributed by atoms with Gasteiger partial charge in [0.05, 0.1) is 23.7 Å². The molecule has 2 unspecified atom stereocenters. The molecule has 1 aromatic heterocycles. The summed E-state index contributed by atoms with van der Waals surface area (Å²) >= 11 is 0.937. The van der Waals surface area contributed by atoms with Crippen LogP contribution in [0.15, 0.2) is 35.4 Å². The Kier molecular flexibility index (Phi) is 9.03. The van der Waals surface area contributed by atoms with E-state index in [1.54, 1.807) is 58.0 Å². The molecule has 0 saturated carbocycles. The molecule has 1 aliphatic rings. The van der Waals surface area contributed by atoms with Gasteiger partial charge in [-0.05, 0) is 44.7 Å². The number of primary amides is 1. The molecule has 1 aliphatic heterocycles. The number of ether oxygens (including phenoxy) is 1. The van der Waals surface area contributed by atoms with Gasteiger partial charge >= 0.3 is 6.09 Å². The monoisotopic (exact) mass is 556 g/mol. The van der Waals surface area contributed by atoms with Crippen LogP contribution in [0.2, 0.25) is 0 Å². The predicted octanol–water partition coefficient (Wildman–Crippen LogP) is 4.44. The summed E-state index contributed by atoms with van der Waals surface area (Å²) < 4.78 is 35.6. The minimum absolute atomic E-state index is 0.0116. The Balaban J connectivity index is 2.00. The Morgan fingerprint density at radius 1 is 1.26 bits per heavy atom. The number of benzene rings is 1. The molecule has 206 valence electrons. The van der Waals surface area contributed by atoms with Gasteiger partial charge < -0.3 is 20.7 Å². The number of thioether (sulfide) groups is 1. The molecule has 9 nitrogen and oxygen atoms in total. The van der Waals surface area contributed by atoms with Crippen molar-refractivity contribution in [2.75, 3.05) is 18.0 Å². The summed E-state index contributed by atoms with van der Waals surface area (Å²) in [4.78, 5) is 30.2. The van der Waals surface area contributed by atoms with Crippen LogP contribution in [0.4, 0.5) is 19.4 Å². The number of alkyl halides is 2. The van der Waals surface area contributed by atoms with Gasteiger partial charge in [-0.25, -0.2) is 18.6 Å². The third kappa shape index (κ3) is 6.95. The molecule has 1 saturated heterocycles. The number of nitrogens with one attached hydrogen (secondary N) is 1. The fourth-order valence-electron chi connectivity index (χ4n) is 4.28. The number of nitrogens with zero attached hydrogens (tertiary/aromatic N) is 4. The number of halogens is 2. The number of piperidine rings is 1. The fraction of sp³-hybridized carbons (Fsp3) is 0.444. The van der Waals surface area contributed by atoms with Crippen molar-refractivity contribution in [2.24, 2.45) is 5.73 Å². The topological polar surface area (TPSA) is 145 Å². The van der Waals surface area contributed by atoms with Crippen molar-refractivity contribution in [1.82, 2.24) is 10.3 Å². The Morgan fingerprint density at radius 3 is 2.41 bits per heavy atom. The lowest BCUT2D eigenvalue weighted by molar-refractivity contribution is -0.117. The first-order chi connectivity index (χ1) is 18.3. The highest BCUT2D eigenvalue weighted by Crippen LogP contribution is 2.40. The van der Waals surface area contributed by atoms with Gasteiger partial charge in [-0.2, -0.15) is 10.5 Å². The number of anilines is 1. The number of aromatic nitrogens is 1. The van der Waals surface area contributed by atoms with E-state index in [4.69, 9.17) is 10.5 Å². The molecule has 3 rings (SSSR count). The third-order valence-corrected chi connectivity index (χ3v) is 7.26. The molecule has 0 radical (unpaired) electrons. The largest absolute Gasteiger partial charge is 0.444 e. The zero-order valence-corrected chi connectivity index (χ0v) is 22.9. The maximum absolute atomic E-state index is 15.3. The zero-order chi connectivity index (χ0) is 29.0. The van der Waals surface area contributed by atoms with E-state index in [0.29, 0.717) is 11.1 Å². The molecule has 1 aromatic carbocycles. The first-order valence-corrected chi connectivity index (χ1v) is 13.2. The molecular weight excluding hydrogens is 526 g/mol. The van der Waals surface area contributed by atoms with Gasteiger partial charge in [-0.15, -0.1) is 0 Å². The predicted molar refractivity (Wildman–Crippen MR) is 142 cm³/mol. The Bertz CT molecular complexity index is 1320. The van der Waals surface area contributed by atoms with Crippen LogP contribution in [0.25, 0.3) is 0 Å². The molecule has 1 fully saturated rings. The molecular formula is C27H30F2N6O3S. The van der Waals surface area contributed by atoms with Crippen molar-refractivity contribution in [2.45, 2.75) is 68.4 Å². The average Bonchev–Trinajstić information content (AvgIpc) is 2.86. The molecule has 3 N–H and O–H groups in total. The van der Waals surface area contributed by atoms with E-state index in [0.717, 1.165) is 11.8 Å². The first kappa shape index (κ1) is 29.7. The summed E-state index contributed by atoms with van der Waals surface area (Å²) in [7, 11) is 0. The van der Waals surface area contributed by atoms with Crippen molar-refractivity contribution in [3.8, 4) is 12.1 Å². The summed E-state index contributed by atoms with van der Waals surface area (Å²) in [5, 5.41) is 21.4. The minimum Gasteiger partial charge on any atom is -0.444 e. The lowest BCUT2D eigenvalue weighted by Gasteiger charge is -2.39. The Morgan fingerprint density at radius 2 is 1.90 bits per heavy atom. The zero-order valence-electron chi connectivity index (χ0n) is 22.1. The maximum Gasteiger partial charge on any atom is 0.408 e. The first-order valence-electron chi connectivity index (χ1n) is 12.3. The fourth-order valence-corrected chi connectivity index (χ4v) is 5.33. The smallest absolute Gasteiger partial charge is 0.408 e. The van der Waals surface area contributed by atoms with Crippen LogP contribution in [0, 0.1) is 22.7 Å². The van der Waals surface area contributed by atoms with Crippen molar-refractivity contribution >= 4 is 29.6 Å². The summed E-state index contributed by atoms with van der Waals surface area (Å²) in [5.74, 6) is -4.05. The molecule has 2 atom stereocenters. The van der Waals surface area contributed by atoms with Crippen LogP contribution >= 0.6 is 11.8 Å². The van der Waals surface area contributed by atoms with Gasteiger partial charge in [0.1, 0.15) is 33.8 Å². The van der Waals surface area contributed by atoms with Crippen LogP contribution < -0.4 is 16.0 Å². The Hall–Kier alpha value is -3.90. The summed E-state index contributed by atoms with van der Waals surface area (Å²) in [6.07, 6.45) is -0.828. The van der Waals surface area contributed by atoms with Crippen LogP contribution in [0.3, 0.4) is 0 Å². The number of pyridine rings is 1. The number of hydrogen-bond acceptors (Lipinski definition) is 8. The summed E-state index contributed by atoms with van der Waals surface area (Å²) in [5.41, 5.74) is 5.87. The van der Waals surface area contributed by atoms with Gasteiger partial charge in [-0.3, -0.25) is 4.79 Å². The van der Waals surface area contributed by atoms with Crippen molar-refractivity contribution in [3.05, 3.63) is 52.6 Å². The number of carbonyl (C=O) groups is 2. The highest BCUT2D eigenvalue weighted by Gasteiger charge is 2.47. The van der Waals surface area contributed by atoms with E-state index < -0.39 is 41.4 Å². The van der Waals surface area contributed by atoms with Gasteiger partial charge in [0.2, 0.25) is 5.91 Å². The van der Waals surface area contributed by atoms with E-state index in [1.165, 1.54) is 4.90 Å². The second kappa shape index (κ2) is 11.9. The van der Waals surface area contributed by atoms with Crippen LogP contribution in [0.5, 0.6) is 0 Å². The summed E-state index contributed by atoms with van der Waals surface area (Å²) in [6.45, 7) is 5.86. The standard InChI is InChI=1S/C27H30F2N6O3S/c1-5-17-18(13-30)23(35-12-11-20(27(28,29)15-35)33-25(37)38-26(2,3)4)34-24(19(17)14-31)39-21(22(32)36)16-9-7-6-8-10-16/h6-10,20-21H,5,11-12,15H2,1-4H3,(H2,32,36)(H,33,37). The molecule has 0 aliphatic carbocycles. The van der Waals surface area contributed by atoms with E-state index in [2.05, 4.69) is 16.4 Å². The highest BCUT2D eigenvalue weighted by molar-refractivity contribution is 8.00. The van der Waals surface area contributed by atoms with E-state index >= 15 is 8.78 Å². The number of hydrogen-bond donors (Lipinski definition) is 2. The van der Waals surface area contributed by atoms with E-state index in [1.807, 2.05) is 6.07 Å². The molecule has 2 aromatic rings. The highest BCUT2D eigenvalue weighted by atomic mass is 32.2. The number of nitrogens with two attached hydrogens (primary N) is 1. The molecule has 39 heavy (non-hydrogen) atoms. The number of alkyl carbamates (subject to hydrolysis) is 1. The lowest BCUT2D eigenvalue weighted by Crippen LogP contribution is -2.59. The maximum atomic E-state index is 15.3. The second-order valence-corrected chi connectivity index (χ2v) is 11.1. The van der Waals surface area contributed by atoms with Crippen molar-refractivity contribution in [1.29, 1.82) is 10.5 Å². The van der Waals surface area contributed by atoms with Crippen molar-refractivity contribution in [3.63, 3.8) is 0 Å². The minimum atomic E-state index is -3.38. The SMILES string of the molecule is CCc1c(C#N)c(SC(C(N)=O)c2ccccc2)nc(N2CCC(NC(=O)OC(C)(C)C)C(F)(F)C2)c1C#N. The lowest BCUT2D eigenvalue weighted by atomic mass is 9.98. The molecule has 0 bridgehead atoms. The number of rotatable bonds is 7. The normalized spacial score (nSPS) is 17.4. The van der Waals surface area contributed by atoms with E-state index in [-0.39, 0.29) is 41.4 Å². The number of amides is 2. The molecule has 2 amide bonds. The van der Waals surface area contributed by atoms with Crippen molar-refractivity contribution < 1.29 is 23.1 Å². The Labute approximate surface area is 230 Å².